The second-order valence-corrected chi connectivity index (χ2v) is 2.68. The maximum Gasteiger partial charge on any atom is 0.0675 e. The highest BCUT2D eigenvalue weighted by Crippen LogP contribution is 1.73. The van der Waals surface area contributed by atoms with Gasteiger partial charge < -0.3 is 15.0 Å². The topological polar surface area (TPSA) is 43.3 Å². The lowest BCUT2D eigenvalue weighted by Gasteiger charge is -2.14. The van der Waals surface area contributed by atoms with Crippen LogP contribution in [0.5, 0.6) is 0 Å². The largest absolute Gasteiger partial charge is 0.727 e. The molecule has 0 fully saturated rings. The Balaban J connectivity index is 0. The summed E-state index contributed by atoms with van der Waals surface area (Å²) < 4.78 is 1.00. The predicted molar refractivity (Wildman–Crippen MR) is 26.6 cm³/mol. The Morgan fingerprint density at radius 2 is 1.00 bits per heavy atom. The van der Waals surface area contributed by atoms with Gasteiger partial charge in [0.25, 0.3) is 0 Å². The van der Waals surface area contributed by atoms with Crippen molar-refractivity contribution in [1.29, 1.82) is 0 Å². The monoisotopic (exact) mass is 107 g/mol. The van der Waals surface area contributed by atoms with Crippen molar-refractivity contribution in [3.63, 3.8) is 0 Å². The molecule has 3 nitrogen and oxygen atoms in total. The van der Waals surface area contributed by atoms with Gasteiger partial charge in [0.1, 0.15) is 0 Å². The van der Waals surface area contributed by atoms with E-state index in [1.54, 1.807) is 0 Å². The lowest BCUT2D eigenvalue weighted by molar-refractivity contribution is -0.849. The van der Waals surface area contributed by atoms with Gasteiger partial charge in [0.05, 0.1) is 28.2 Å². The smallest absolute Gasteiger partial charge is 0.0675 e. The lowest BCUT2D eigenvalue weighted by atomic mass is 10.8. The minimum absolute atomic E-state index is 1.00. The molecule has 0 heterocycles. The number of quaternary nitrogens is 1. The Hall–Kier alpha value is -0.120. The maximum absolute atomic E-state index is 7.25. The van der Waals surface area contributed by atoms with Crippen LogP contribution in [0.15, 0.2) is 0 Å². The molecule has 46 valence electrons. The van der Waals surface area contributed by atoms with E-state index in [4.69, 9.17) is 10.5 Å². The van der Waals surface area contributed by atoms with Crippen LogP contribution in [0.4, 0.5) is 0 Å². The van der Waals surface area contributed by atoms with Gasteiger partial charge in [-0.3, -0.25) is 0 Å². The predicted octanol–water partition coefficient (Wildman–Crippen LogP) is -0.858. The Labute approximate surface area is 44.3 Å². The molecule has 0 aromatic carbocycles. The first-order valence-corrected chi connectivity index (χ1v) is 1.97. The molecule has 0 aromatic rings. The van der Waals surface area contributed by atoms with Crippen molar-refractivity contribution in [2.75, 3.05) is 28.2 Å². The van der Waals surface area contributed by atoms with Gasteiger partial charge in [-0.2, -0.15) is 0 Å². The number of hydrogen-bond acceptors (Lipinski definition) is 2. The van der Waals surface area contributed by atoms with Crippen molar-refractivity contribution in [1.82, 2.24) is 0 Å². The first-order valence-electron chi connectivity index (χ1n) is 1.97. The van der Waals surface area contributed by atoms with Crippen LogP contribution in [0, 0.1) is 0 Å². The summed E-state index contributed by atoms with van der Waals surface area (Å²) in [4.78, 5) is 0. The maximum atomic E-state index is 7.25. The summed E-state index contributed by atoms with van der Waals surface area (Å²) in [5, 5.41) is 13.0. The zero-order chi connectivity index (χ0) is 6.50. The minimum Gasteiger partial charge on any atom is -0.727 e. The number of nitrogens with zero attached hydrogens (tertiary/aromatic N) is 1. The van der Waals surface area contributed by atoms with Crippen molar-refractivity contribution in [2.24, 2.45) is 0 Å². The second kappa shape index (κ2) is 4.05. The van der Waals surface area contributed by atoms with Crippen molar-refractivity contribution >= 4 is 0 Å². The molecule has 0 aliphatic carbocycles. The summed E-state index contributed by atoms with van der Waals surface area (Å²) >= 11 is 0. The molecule has 0 aromatic heterocycles. The average molecular weight is 107 g/mol. The SMILES string of the molecule is C[N+](C)(C)C.[O-]O. The van der Waals surface area contributed by atoms with Crippen LogP contribution in [-0.2, 0) is 0 Å². The molecule has 0 amide bonds. The molecule has 3 heteroatoms. The molecular weight excluding hydrogens is 94.0 g/mol. The summed E-state index contributed by atoms with van der Waals surface area (Å²) in [5.74, 6) is 0. The highest BCUT2D eigenvalue weighted by atomic mass is 17.0. The molecule has 0 rings (SSSR count). The van der Waals surface area contributed by atoms with Gasteiger partial charge in [0.2, 0.25) is 0 Å². The van der Waals surface area contributed by atoms with Gasteiger partial charge >= 0.3 is 0 Å². The fourth-order valence-corrected chi connectivity index (χ4v) is 0. The zero-order valence-electron chi connectivity index (χ0n) is 5.30. The average Bonchev–Trinajstić information content (AvgIpc) is 1.36. The van der Waals surface area contributed by atoms with Crippen molar-refractivity contribution < 1.29 is 15.0 Å². The number of rotatable bonds is 0. The third-order valence-corrected chi connectivity index (χ3v) is 0. The molecule has 0 saturated carbocycles. The van der Waals surface area contributed by atoms with E-state index in [0.29, 0.717) is 0 Å². The van der Waals surface area contributed by atoms with E-state index < -0.39 is 0 Å². The van der Waals surface area contributed by atoms with E-state index in [2.05, 4.69) is 28.2 Å². The van der Waals surface area contributed by atoms with Gasteiger partial charge in [0, 0.05) is 0 Å². The van der Waals surface area contributed by atoms with Gasteiger partial charge in [-0.05, 0) is 0 Å². The van der Waals surface area contributed by atoms with Crippen LogP contribution in [0.25, 0.3) is 0 Å². The first kappa shape index (κ1) is 9.99. The molecule has 0 spiro atoms. The summed E-state index contributed by atoms with van der Waals surface area (Å²) in [6, 6.07) is 0. The molecule has 0 atom stereocenters. The second-order valence-electron chi connectivity index (χ2n) is 2.68. The van der Waals surface area contributed by atoms with E-state index >= 15 is 0 Å². The standard InChI is InChI=1S/C4H12N.H2O2/c1-5(2,3)4;1-2/h1-4H3;1-2H/q+1;/p-1. The summed E-state index contributed by atoms with van der Waals surface area (Å²) in [6.07, 6.45) is 0. The van der Waals surface area contributed by atoms with Crippen LogP contribution in [0.1, 0.15) is 0 Å². The Morgan fingerprint density at radius 1 is 1.00 bits per heavy atom. The molecule has 0 unspecified atom stereocenters. The van der Waals surface area contributed by atoms with E-state index in [1.165, 1.54) is 0 Å². The summed E-state index contributed by atoms with van der Waals surface area (Å²) in [7, 11) is 8.50. The Bertz CT molecular complexity index is 25.2. The molecular formula is C4H13NO2. The van der Waals surface area contributed by atoms with Crippen LogP contribution < -0.4 is 5.26 Å². The van der Waals surface area contributed by atoms with Crippen LogP contribution >= 0.6 is 0 Å². The zero-order valence-corrected chi connectivity index (χ0v) is 5.30. The van der Waals surface area contributed by atoms with Gasteiger partial charge in [-0.25, -0.2) is 0 Å². The van der Waals surface area contributed by atoms with Crippen molar-refractivity contribution in [3.8, 4) is 0 Å². The van der Waals surface area contributed by atoms with Gasteiger partial charge in [-0.15, -0.1) is 0 Å². The summed E-state index contributed by atoms with van der Waals surface area (Å²) in [6.45, 7) is 0. The van der Waals surface area contributed by atoms with Gasteiger partial charge in [0.15, 0.2) is 0 Å². The lowest BCUT2D eigenvalue weighted by Crippen LogP contribution is -2.27. The molecule has 7 heavy (non-hydrogen) atoms. The minimum atomic E-state index is 1.00. The van der Waals surface area contributed by atoms with Crippen molar-refractivity contribution in [3.05, 3.63) is 0 Å². The quantitative estimate of drug-likeness (QED) is 0.249. The highest BCUT2D eigenvalue weighted by molar-refractivity contribution is 3.87. The van der Waals surface area contributed by atoms with E-state index in [-0.39, 0.29) is 0 Å². The van der Waals surface area contributed by atoms with Crippen molar-refractivity contribution in [2.45, 2.75) is 0 Å². The molecule has 1 N–H and O–H groups in total. The molecule has 0 saturated heterocycles. The third-order valence-electron chi connectivity index (χ3n) is 0. The molecule has 0 radical (unpaired) electrons. The normalized spacial score (nSPS) is 9.43. The Kier molecular flexibility index (Phi) is 5.78. The molecule has 0 aliphatic rings. The first-order chi connectivity index (χ1) is 3.00. The summed E-state index contributed by atoms with van der Waals surface area (Å²) in [5.41, 5.74) is 0. The van der Waals surface area contributed by atoms with Crippen LogP contribution in [0.3, 0.4) is 0 Å². The Morgan fingerprint density at radius 3 is 1.00 bits per heavy atom. The molecule has 0 bridgehead atoms. The highest BCUT2D eigenvalue weighted by Gasteiger charge is 1.88. The van der Waals surface area contributed by atoms with E-state index in [1.807, 2.05) is 0 Å². The van der Waals surface area contributed by atoms with Crippen LogP contribution in [0.2, 0.25) is 0 Å². The molecule has 0 aliphatic heterocycles. The number of hydrogen-bond donors (Lipinski definition) is 1. The van der Waals surface area contributed by atoms with Gasteiger partial charge in [-0.1, -0.05) is 0 Å². The fourth-order valence-electron chi connectivity index (χ4n) is 0. The van der Waals surface area contributed by atoms with Crippen LogP contribution in [-0.4, -0.2) is 37.9 Å². The van der Waals surface area contributed by atoms with E-state index in [0.717, 1.165) is 4.48 Å². The van der Waals surface area contributed by atoms with E-state index in [9.17, 15) is 0 Å². The third kappa shape index (κ3) is 6150. The fraction of sp³-hybridized carbons (Fsp3) is 1.00.